The number of carbonyl (C=O) groups is 1. The molecule has 2 atom stereocenters. The van der Waals surface area contributed by atoms with Gasteiger partial charge in [0.15, 0.2) is 5.69 Å². The first-order chi connectivity index (χ1) is 11.0. The maximum absolute atomic E-state index is 13.5. The molecule has 9 heteroatoms. The Hall–Kier alpha value is -1.67. The van der Waals surface area contributed by atoms with E-state index in [2.05, 4.69) is 5.10 Å². The fraction of sp³-hybridized carbons (Fsp3) is 0.733. The second-order valence-electron chi connectivity index (χ2n) is 7.34. The van der Waals surface area contributed by atoms with E-state index in [1.54, 1.807) is 0 Å². The van der Waals surface area contributed by atoms with Crippen LogP contribution in [0.2, 0.25) is 0 Å². The Kier molecular flexibility index (Phi) is 2.96. The highest BCUT2D eigenvalue weighted by molar-refractivity contribution is 5.88. The average molecular weight is 350 g/mol. The number of carboxylic acid groups (broad SMARTS) is 1. The van der Waals surface area contributed by atoms with Crippen LogP contribution in [0.5, 0.6) is 0 Å². The third kappa shape index (κ3) is 2.39. The van der Waals surface area contributed by atoms with Crippen LogP contribution in [-0.2, 0) is 12.7 Å². The molecular weight excluding hydrogens is 335 g/mol. The van der Waals surface area contributed by atoms with Gasteiger partial charge in [-0.15, -0.1) is 0 Å². The summed E-state index contributed by atoms with van der Waals surface area (Å²) in [5, 5.41) is 13.2. The number of rotatable bonds is 4. The third-order valence-electron chi connectivity index (χ3n) is 5.41. The molecule has 3 fully saturated rings. The number of aromatic carboxylic acids is 1. The van der Waals surface area contributed by atoms with Crippen LogP contribution < -0.4 is 0 Å². The molecule has 1 heterocycles. The molecule has 132 valence electrons. The molecule has 1 aromatic rings. The molecule has 3 aliphatic carbocycles. The second kappa shape index (κ2) is 4.49. The van der Waals surface area contributed by atoms with Crippen molar-refractivity contribution in [3.8, 4) is 0 Å². The molecule has 1 N–H and O–H groups in total. The lowest BCUT2D eigenvalue weighted by Crippen LogP contribution is -2.22. The van der Waals surface area contributed by atoms with Crippen LogP contribution in [0, 0.1) is 11.3 Å². The SMILES string of the molecule is O=C(O)c1c(C(F)(F)F)c(C2CC2)nn1CC12CC1CC(F)(F)C2. The van der Waals surface area contributed by atoms with E-state index in [0.29, 0.717) is 19.3 Å². The van der Waals surface area contributed by atoms with Gasteiger partial charge in [-0.3, -0.25) is 4.68 Å². The topological polar surface area (TPSA) is 55.1 Å². The number of fused-ring (bicyclic) bond motifs is 1. The van der Waals surface area contributed by atoms with Crippen molar-refractivity contribution in [2.24, 2.45) is 11.3 Å². The van der Waals surface area contributed by atoms with Crippen LogP contribution in [-0.4, -0.2) is 26.8 Å². The summed E-state index contributed by atoms with van der Waals surface area (Å²) in [6.07, 6.45) is -3.97. The molecule has 0 saturated heterocycles. The largest absolute Gasteiger partial charge is 0.477 e. The highest BCUT2D eigenvalue weighted by atomic mass is 19.4. The number of aromatic nitrogens is 2. The summed E-state index contributed by atoms with van der Waals surface area (Å²) < 4.78 is 68.0. The van der Waals surface area contributed by atoms with Crippen molar-refractivity contribution in [3.05, 3.63) is 17.0 Å². The molecule has 1 aromatic heterocycles. The monoisotopic (exact) mass is 350 g/mol. The van der Waals surface area contributed by atoms with Gasteiger partial charge in [-0.05, 0) is 30.6 Å². The van der Waals surface area contributed by atoms with Gasteiger partial charge in [-0.1, -0.05) is 0 Å². The molecule has 2 unspecified atom stereocenters. The first-order valence-electron chi connectivity index (χ1n) is 7.81. The number of carboxylic acids is 1. The smallest absolute Gasteiger partial charge is 0.420 e. The summed E-state index contributed by atoms with van der Waals surface area (Å²) in [6, 6.07) is 0. The minimum absolute atomic E-state index is 0.190. The Bertz CT molecular complexity index is 722. The molecule has 0 amide bonds. The van der Waals surface area contributed by atoms with Gasteiger partial charge in [-0.2, -0.15) is 18.3 Å². The number of hydrogen-bond donors (Lipinski definition) is 1. The highest BCUT2D eigenvalue weighted by Crippen LogP contribution is 2.68. The number of hydrogen-bond acceptors (Lipinski definition) is 2. The number of halogens is 5. The van der Waals surface area contributed by atoms with Gasteiger partial charge in [0, 0.05) is 25.3 Å². The quantitative estimate of drug-likeness (QED) is 0.838. The van der Waals surface area contributed by atoms with E-state index in [0.717, 1.165) is 4.68 Å². The maximum atomic E-state index is 13.5. The minimum atomic E-state index is -4.83. The van der Waals surface area contributed by atoms with Crippen molar-refractivity contribution < 1.29 is 31.9 Å². The predicted molar refractivity (Wildman–Crippen MR) is 70.9 cm³/mol. The van der Waals surface area contributed by atoms with E-state index >= 15 is 0 Å². The molecule has 3 saturated carbocycles. The van der Waals surface area contributed by atoms with Crippen LogP contribution in [0.3, 0.4) is 0 Å². The molecule has 0 radical (unpaired) electrons. The summed E-state index contributed by atoms with van der Waals surface area (Å²) in [4.78, 5) is 11.5. The van der Waals surface area contributed by atoms with Crippen LogP contribution in [0.25, 0.3) is 0 Å². The zero-order valence-corrected chi connectivity index (χ0v) is 12.5. The third-order valence-corrected chi connectivity index (χ3v) is 5.41. The van der Waals surface area contributed by atoms with E-state index in [1.165, 1.54) is 0 Å². The van der Waals surface area contributed by atoms with Gasteiger partial charge in [0.2, 0.25) is 5.92 Å². The Morgan fingerprint density at radius 1 is 1.29 bits per heavy atom. The van der Waals surface area contributed by atoms with Crippen LogP contribution in [0.1, 0.15) is 59.8 Å². The van der Waals surface area contributed by atoms with Gasteiger partial charge in [0.1, 0.15) is 5.56 Å². The molecule has 4 rings (SSSR count). The van der Waals surface area contributed by atoms with Gasteiger partial charge in [-0.25, -0.2) is 13.6 Å². The fourth-order valence-corrected chi connectivity index (χ4v) is 4.17. The van der Waals surface area contributed by atoms with Crippen molar-refractivity contribution in [1.82, 2.24) is 9.78 Å². The van der Waals surface area contributed by atoms with Crippen molar-refractivity contribution in [3.63, 3.8) is 0 Å². The Morgan fingerprint density at radius 2 is 1.96 bits per heavy atom. The van der Waals surface area contributed by atoms with E-state index in [4.69, 9.17) is 0 Å². The van der Waals surface area contributed by atoms with Gasteiger partial charge in [0.25, 0.3) is 0 Å². The lowest BCUT2D eigenvalue weighted by Gasteiger charge is -2.17. The molecule has 0 spiro atoms. The summed E-state index contributed by atoms with van der Waals surface area (Å²) >= 11 is 0. The summed E-state index contributed by atoms with van der Waals surface area (Å²) in [5.74, 6) is -5.21. The summed E-state index contributed by atoms with van der Waals surface area (Å²) in [6.45, 7) is -0.190. The Labute approximate surface area is 133 Å². The molecule has 4 nitrogen and oxygen atoms in total. The van der Waals surface area contributed by atoms with E-state index in [9.17, 15) is 31.9 Å². The zero-order chi connectivity index (χ0) is 17.5. The average Bonchev–Trinajstić information content (AvgIpc) is 3.27. The lowest BCUT2D eigenvalue weighted by atomic mass is 10.0. The highest BCUT2D eigenvalue weighted by Gasteiger charge is 2.67. The lowest BCUT2D eigenvalue weighted by molar-refractivity contribution is -0.138. The maximum Gasteiger partial charge on any atom is 0.420 e. The van der Waals surface area contributed by atoms with Crippen molar-refractivity contribution in [2.45, 2.75) is 56.7 Å². The molecular formula is C15H15F5N2O2. The molecule has 24 heavy (non-hydrogen) atoms. The Morgan fingerprint density at radius 3 is 2.42 bits per heavy atom. The second-order valence-corrected chi connectivity index (χ2v) is 7.34. The number of alkyl halides is 5. The molecule has 0 aromatic carbocycles. The fourth-order valence-electron chi connectivity index (χ4n) is 4.17. The first-order valence-corrected chi connectivity index (χ1v) is 7.81. The molecule has 3 aliphatic rings. The van der Waals surface area contributed by atoms with Crippen LogP contribution >= 0.6 is 0 Å². The predicted octanol–water partition coefficient (Wildman–Crippen LogP) is 3.91. The van der Waals surface area contributed by atoms with Crippen molar-refractivity contribution in [1.29, 1.82) is 0 Å². The van der Waals surface area contributed by atoms with Crippen molar-refractivity contribution >= 4 is 5.97 Å². The van der Waals surface area contributed by atoms with Crippen LogP contribution in [0.4, 0.5) is 22.0 Å². The van der Waals surface area contributed by atoms with Gasteiger partial charge >= 0.3 is 12.1 Å². The zero-order valence-electron chi connectivity index (χ0n) is 12.5. The minimum Gasteiger partial charge on any atom is -0.477 e. The molecule has 0 bridgehead atoms. The Balaban J connectivity index is 1.75. The van der Waals surface area contributed by atoms with E-state index < -0.39 is 47.1 Å². The van der Waals surface area contributed by atoms with Crippen molar-refractivity contribution in [2.75, 3.05) is 0 Å². The van der Waals surface area contributed by atoms with Gasteiger partial charge in [0.05, 0.1) is 5.69 Å². The normalized spacial score (nSPS) is 31.1. The standard InChI is InChI=1S/C15H15F5N2O2/c16-14(17)4-8-3-13(8,5-14)6-22-11(12(23)24)9(15(18,19)20)10(21-22)7-1-2-7/h7-8H,1-6H2,(H,23,24). The van der Waals surface area contributed by atoms with E-state index in [-0.39, 0.29) is 24.6 Å². The van der Waals surface area contributed by atoms with Gasteiger partial charge < -0.3 is 5.11 Å². The molecule has 0 aliphatic heterocycles. The summed E-state index contributed by atoms with van der Waals surface area (Å²) in [5.41, 5.74) is -3.20. The van der Waals surface area contributed by atoms with E-state index in [1.807, 2.05) is 0 Å². The first kappa shape index (κ1) is 15.8. The van der Waals surface area contributed by atoms with Crippen LogP contribution in [0.15, 0.2) is 0 Å². The summed E-state index contributed by atoms with van der Waals surface area (Å²) in [7, 11) is 0. The number of nitrogens with zero attached hydrogens (tertiary/aromatic N) is 2.